The Labute approximate surface area is 632 Å². The number of carbonyl (C=O) groups excluding carboxylic acids is 4. The number of ether oxygens (including phenoxy) is 4. The van der Waals surface area contributed by atoms with E-state index in [1.807, 2.05) is 0 Å². The predicted molar refractivity (Wildman–Crippen MR) is 423 cm³/mol. The summed E-state index contributed by atoms with van der Waals surface area (Å²) in [6.45, 7) is 5.05. The summed E-state index contributed by atoms with van der Waals surface area (Å²) in [5, 5.41) is 10.7. The van der Waals surface area contributed by atoms with E-state index in [9.17, 15) is 43.2 Å². The Kier molecular flexibility index (Phi) is 76.7. The molecule has 0 aromatic carbocycles. The van der Waals surface area contributed by atoms with Crippen LogP contribution in [-0.2, 0) is 65.4 Å². The molecule has 17 nitrogen and oxygen atoms in total. The third-order valence-electron chi connectivity index (χ3n) is 19.9. The number of carbonyl (C=O) groups is 4. The summed E-state index contributed by atoms with van der Waals surface area (Å²) in [5.41, 5.74) is 0. The number of hydrogen-bond donors (Lipinski definition) is 3. The summed E-state index contributed by atoms with van der Waals surface area (Å²) in [4.78, 5) is 73.2. The maximum atomic E-state index is 13.1. The highest BCUT2D eigenvalue weighted by atomic mass is 31.2. The lowest BCUT2D eigenvalue weighted by atomic mass is 10.0. The summed E-state index contributed by atoms with van der Waals surface area (Å²) < 4.78 is 68.8. The largest absolute Gasteiger partial charge is 0.472 e. The first-order chi connectivity index (χ1) is 50.2. The number of aliphatic hydroxyl groups is 1. The van der Waals surface area contributed by atoms with Crippen LogP contribution in [0.1, 0.15) is 458 Å². The molecule has 0 aliphatic heterocycles. The molecule has 0 aliphatic carbocycles. The maximum absolute atomic E-state index is 13.1. The van der Waals surface area contributed by atoms with E-state index in [1.54, 1.807) is 0 Å². The number of phosphoric ester groups is 2. The van der Waals surface area contributed by atoms with E-state index in [0.717, 1.165) is 89.9 Å². The number of rotatable bonds is 85. The van der Waals surface area contributed by atoms with Crippen LogP contribution in [0.4, 0.5) is 0 Å². The zero-order valence-corrected chi connectivity index (χ0v) is 69.1. The van der Waals surface area contributed by atoms with Gasteiger partial charge in [-0.1, -0.05) is 407 Å². The van der Waals surface area contributed by atoms with Crippen molar-refractivity contribution < 1.29 is 80.2 Å². The fourth-order valence-electron chi connectivity index (χ4n) is 13.2. The molecule has 0 saturated heterocycles. The monoisotopic (exact) mass is 1510 g/mol. The van der Waals surface area contributed by atoms with E-state index in [-0.39, 0.29) is 25.7 Å². The topological polar surface area (TPSA) is 237 Å². The Bertz CT molecular complexity index is 1950. The molecule has 103 heavy (non-hydrogen) atoms. The molecule has 0 bridgehead atoms. The molecule has 0 fully saturated rings. The molecule has 0 saturated carbocycles. The van der Waals surface area contributed by atoms with Crippen LogP contribution in [0.2, 0.25) is 0 Å². The van der Waals surface area contributed by atoms with Crippen molar-refractivity contribution in [3.8, 4) is 0 Å². The van der Waals surface area contributed by atoms with Crippen molar-refractivity contribution in [1.29, 1.82) is 0 Å². The van der Waals surface area contributed by atoms with E-state index in [0.29, 0.717) is 25.7 Å². The first kappa shape index (κ1) is 101. The fraction of sp³-hybridized carbons (Fsp3) is 0.952. The first-order valence-electron chi connectivity index (χ1n) is 43.8. The molecule has 0 rings (SSSR count). The molecule has 0 aromatic heterocycles. The minimum atomic E-state index is -4.96. The number of esters is 4. The summed E-state index contributed by atoms with van der Waals surface area (Å²) >= 11 is 0. The second kappa shape index (κ2) is 78.2. The van der Waals surface area contributed by atoms with Crippen molar-refractivity contribution in [1.82, 2.24) is 0 Å². The van der Waals surface area contributed by atoms with Crippen LogP contribution in [0.15, 0.2) is 0 Å². The maximum Gasteiger partial charge on any atom is 0.472 e. The SMILES string of the molecule is CCCCCCCCCCCCCCCCCCCCCCC(=O)O[C@H](COC(=O)CCCCCCCCCCCCCCCCCC)COP(=O)(O)OC[C@@H](O)COP(=O)(O)OC[C@@H](COC(=O)CCCCCCCCCCCCC)OC(=O)CCCCCCCCCCCCCCCCCC. The number of unbranched alkanes of at least 4 members (excludes halogenated alkanes) is 59. The molecule has 0 aromatic rings. The molecule has 612 valence electrons. The molecule has 0 amide bonds. The van der Waals surface area contributed by atoms with Crippen molar-refractivity contribution in [2.75, 3.05) is 39.6 Å². The average Bonchev–Trinajstić information content (AvgIpc) is 0.934. The lowest BCUT2D eigenvalue weighted by Gasteiger charge is -2.21. The zero-order valence-electron chi connectivity index (χ0n) is 67.3. The summed E-state index contributed by atoms with van der Waals surface area (Å²) in [7, 11) is -9.92. The van der Waals surface area contributed by atoms with Crippen molar-refractivity contribution in [2.24, 2.45) is 0 Å². The number of aliphatic hydroxyl groups excluding tert-OH is 1. The quantitative estimate of drug-likeness (QED) is 0.0222. The fourth-order valence-corrected chi connectivity index (χ4v) is 14.7. The van der Waals surface area contributed by atoms with Crippen molar-refractivity contribution >= 4 is 39.5 Å². The van der Waals surface area contributed by atoms with Gasteiger partial charge in [-0.3, -0.25) is 37.3 Å². The van der Waals surface area contributed by atoms with Gasteiger partial charge in [0.2, 0.25) is 0 Å². The summed E-state index contributed by atoms with van der Waals surface area (Å²) in [6, 6.07) is 0. The van der Waals surface area contributed by atoms with E-state index in [4.69, 9.17) is 37.0 Å². The first-order valence-corrected chi connectivity index (χ1v) is 46.8. The van der Waals surface area contributed by atoms with Gasteiger partial charge in [0.25, 0.3) is 0 Å². The van der Waals surface area contributed by atoms with Crippen LogP contribution >= 0.6 is 15.6 Å². The average molecular weight is 1510 g/mol. The highest BCUT2D eigenvalue weighted by Gasteiger charge is 2.30. The molecular weight excluding hydrogens is 1340 g/mol. The smallest absolute Gasteiger partial charge is 0.462 e. The highest BCUT2D eigenvalue weighted by molar-refractivity contribution is 7.47. The molecule has 3 N–H and O–H groups in total. The standard InChI is InChI=1S/C84H164O17P2/c1-5-9-13-17-21-25-29-32-35-38-39-40-41-44-47-51-55-59-63-67-71-84(89)101-80(75-95-82(87)69-65-61-57-53-49-45-42-36-33-30-26-22-18-14-10-6-2)77-99-103(92,93)97-73-78(85)72-96-102(90,91)98-76-79(74-94-81(86)68-64-60-56-52-48-28-24-20-16-12-8-4)100-83(88)70-66-62-58-54-50-46-43-37-34-31-27-23-19-15-11-7-3/h78-80,85H,5-77H2,1-4H3,(H,90,91)(H,92,93)/t78-,79+,80+/m0/s1. The van der Waals surface area contributed by atoms with Gasteiger partial charge in [0.1, 0.15) is 19.3 Å². The van der Waals surface area contributed by atoms with E-state index >= 15 is 0 Å². The van der Waals surface area contributed by atoms with Gasteiger partial charge in [-0.2, -0.15) is 0 Å². The Morgan fingerprint density at radius 1 is 0.233 bits per heavy atom. The van der Waals surface area contributed by atoms with Crippen LogP contribution in [0, 0.1) is 0 Å². The summed E-state index contributed by atoms with van der Waals surface area (Å²) in [6.07, 6.45) is 72.1. The van der Waals surface area contributed by atoms with E-state index < -0.39 is 97.5 Å². The lowest BCUT2D eigenvalue weighted by molar-refractivity contribution is -0.161. The molecule has 0 radical (unpaired) electrons. The van der Waals surface area contributed by atoms with Gasteiger partial charge in [-0.25, -0.2) is 9.13 Å². The van der Waals surface area contributed by atoms with Gasteiger partial charge >= 0.3 is 39.5 Å². The van der Waals surface area contributed by atoms with E-state index in [2.05, 4.69) is 27.7 Å². The van der Waals surface area contributed by atoms with Crippen LogP contribution in [0.5, 0.6) is 0 Å². The highest BCUT2D eigenvalue weighted by Crippen LogP contribution is 2.45. The molecule has 0 spiro atoms. The lowest BCUT2D eigenvalue weighted by Crippen LogP contribution is -2.30. The van der Waals surface area contributed by atoms with Crippen LogP contribution in [-0.4, -0.2) is 96.7 Å². The number of phosphoric acid groups is 2. The van der Waals surface area contributed by atoms with Gasteiger partial charge in [0, 0.05) is 25.7 Å². The van der Waals surface area contributed by atoms with Gasteiger partial charge in [-0.15, -0.1) is 0 Å². The Balaban J connectivity index is 5.24. The van der Waals surface area contributed by atoms with Crippen molar-refractivity contribution in [3.63, 3.8) is 0 Å². The minimum absolute atomic E-state index is 0.109. The van der Waals surface area contributed by atoms with Crippen LogP contribution in [0.3, 0.4) is 0 Å². The third-order valence-corrected chi connectivity index (χ3v) is 21.8. The second-order valence-electron chi connectivity index (χ2n) is 30.2. The second-order valence-corrected chi connectivity index (χ2v) is 33.1. The van der Waals surface area contributed by atoms with Gasteiger partial charge in [0.05, 0.1) is 26.4 Å². The van der Waals surface area contributed by atoms with Gasteiger partial charge < -0.3 is 33.8 Å². The van der Waals surface area contributed by atoms with Crippen LogP contribution < -0.4 is 0 Å². The Morgan fingerprint density at radius 3 is 0.573 bits per heavy atom. The third kappa shape index (κ3) is 78.0. The van der Waals surface area contributed by atoms with Crippen molar-refractivity contribution in [2.45, 2.75) is 476 Å². The van der Waals surface area contributed by atoms with Gasteiger partial charge in [0.15, 0.2) is 12.2 Å². The molecule has 19 heteroatoms. The molecule has 2 unspecified atom stereocenters. The number of hydrogen-bond acceptors (Lipinski definition) is 15. The molecular formula is C84H164O17P2. The van der Waals surface area contributed by atoms with Crippen molar-refractivity contribution in [3.05, 3.63) is 0 Å². The predicted octanol–water partition coefficient (Wildman–Crippen LogP) is 25.7. The van der Waals surface area contributed by atoms with E-state index in [1.165, 1.54) is 289 Å². The van der Waals surface area contributed by atoms with Gasteiger partial charge in [-0.05, 0) is 25.7 Å². The zero-order chi connectivity index (χ0) is 75.3. The van der Waals surface area contributed by atoms with Crippen LogP contribution in [0.25, 0.3) is 0 Å². The molecule has 0 heterocycles. The summed E-state index contributed by atoms with van der Waals surface area (Å²) in [5.74, 6) is -2.10. The normalized spacial score (nSPS) is 13.7. The molecule has 0 aliphatic rings. The molecule has 5 atom stereocenters. The minimum Gasteiger partial charge on any atom is -0.462 e. The Hall–Kier alpha value is -1.94. The Morgan fingerprint density at radius 2 is 0.388 bits per heavy atom.